The molecule has 0 saturated heterocycles. The lowest BCUT2D eigenvalue weighted by Crippen LogP contribution is -2.32. The van der Waals surface area contributed by atoms with Crippen molar-refractivity contribution < 1.29 is 9.53 Å². The minimum atomic E-state index is -0.595. The molecule has 0 aliphatic carbocycles. The summed E-state index contributed by atoms with van der Waals surface area (Å²) in [5, 5.41) is 2.81. The number of alkyl halides is 1. The molecule has 1 N–H and O–H groups in total. The van der Waals surface area contributed by atoms with Crippen LogP contribution in [0.2, 0.25) is 0 Å². The number of nitrogens with one attached hydrogen (secondary N) is 1. The normalized spacial score (nSPS) is 11.1. The van der Waals surface area contributed by atoms with Crippen molar-refractivity contribution in [2.24, 2.45) is 5.41 Å². The number of carbonyl (C=O) groups is 1. The summed E-state index contributed by atoms with van der Waals surface area (Å²) in [4.78, 5) is 11.9. The minimum absolute atomic E-state index is 0.114. The first-order valence-electron chi connectivity index (χ1n) is 5.11. The maximum Gasteiger partial charge on any atom is 0.231 e. The summed E-state index contributed by atoms with van der Waals surface area (Å²) in [6.07, 6.45) is 0. The molecule has 3 nitrogen and oxygen atoms in total. The van der Waals surface area contributed by atoms with E-state index in [1.54, 1.807) is 33.1 Å². The van der Waals surface area contributed by atoms with Crippen LogP contribution in [0.4, 0.5) is 5.69 Å². The van der Waals surface area contributed by atoms with E-state index in [1.165, 1.54) is 0 Å². The Balaban J connectivity index is 2.86. The third-order valence-corrected chi connectivity index (χ3v) is 3.68. The number of ether oxygens (including phenoxy) is 1. The zero-order chi connectivity index (χ0) is 13.1. The van der Waals surface area contributed by atoms with Gasteiger partial charge in [0.25, 0.3) is 0 Å². The molecule has 0 spiro atoms. The summed E-state index contributed by atoms with van der Waals surface area (Å²) in [7, 11) is 1.58. The molecule has 0 bridgehead atoms. The highest BCUT2D eigenvalue weighted by atomic mass is 79.9. The third-order valence-electron chi connectivity index (χ3n) is 2.36. The Labute approximate surface area is 115 Å². The average Bonchev–Trinajstić information content (AvgIpc) is 2.31. The number of halogens is 2. The van der Waals surface area contributed by atoms with Crippen LogP contribution in [0.3, 0.4) is 0 Å². The second kappa shape index (κ2) is 5.74. The van der Waals surface area contributed by atoms with Crippen molar-refractivity contribution in [1.29, 1.82) is 0 Å². The van der Waals surface area contributed by atoms with E-state index in [0.29, 0.717) is 11.4 Å². The Morgan fingerprint density at radius 1 is 1.53 bits per heavy atom. The Kier molecular flexibility index (Phi) is 4.83. The van der Waals surface area contributed by atoms with E-state index in [1.807, 2.05) is 6.07 Å². The molecule has 0 unspecified atom stereocenters. The topological polar surface area (TPSA) is 38.3 Å². The summed E-state index contributed by atoms with van der Waals surface area (Å²) in [5.74, 6) is 0.829. The first-order valence-corrected chi connectivity index (χ1v) is 6.44. The molecule has 5 heteroatoms. The molecule has 0 aliphatic heterocycles. The Bertz CT molecular complexity index is 421. The third kappa shape index (κ3) is 3.61. The van der Waals surface area contributed by atoms with E-state index in [-0.39, 0.29) is 11.8 Å². The maximum absolute atomic E-state index is 11.9. The minimum Gasteiger partial charge on any atom is -0.495 e. The lowest BCUT2D eigenvalue weighted by molar-refractivity contribution is -0.122. The van der Waals surface area contributed by atoms with Crippen molar-refractivity contribution in [2.45, 2.75) is 13.8 Å². The smallest absolute Gasteiger partial charge is 0.231 e. The number of hydrogen-bond acceptors (Lipinski definition) is 2. The Morgan fingerprint density at radius 2 is 2.18 bits per heavy atom. The molecule has 1 aromatic rings. The van der Waals surface area contributed by atoms with E-state index in [9.17, 15) is 4.79 Å². The standard InChI is InChI=1S/C12H15BrClNO2/c1-12(2,7-14)11(16)15-8-4-5-9(13)10(6-8)17-3/h4-6H,7H2,1-3H3,(H,15,16). The van der Waals surface area contributed by atoms with Crippen LogP contribution in [0.1, 0.15) is 13.8 Å². The van der Waals surface area contributed by atoms with Gasteiger partial charge in [-0.05, 0) is 41.9 Å². The van der Waals surface area contributed by atoms with E-state index in [4.69, 9.17) is 16.3 Å². The van der Waals surface area contributed by atoms with Crippen molar-refractivity contribution in [3.8, 4) is 5.75 Å². The average molecular weight is 321 g/mol. The molecule has 0 atom stereocenters. The number of hydrogen-bond donors (Lipinski definition) is 1. The van der Waals surface area contributed by atoms with Gasteiger partial charge in [0.05, 0.1) is 17.0 Å². The van der Waals surface area contributed by atoms with Gasteiger partial charge in [-0.2, -0.15) is 0 Å². The molecule has 94 valence electrons. The molecular formula is C12H15BrClNO2. The number of benzene rings is 1. The van der Waals surface area contributed by atoms with Crippen molar-refractivity contribution in [1.82, 2.24) is 0 Å². The van der Waals surface area contributed by atoms with Gasteiger partial charge in [-0.3, -0.25) is 4.79 Å². The molecule has 0 aliphatic rings. The van der Waals surface area contributed by atoms with Crippen molar-refractivity contribution in [2.75, 3.05) is 18.3 Å². The van der Waals surface area contributed by atoms with Gasteiger partial charge >= 0.3 is 0 Å². The summed E-state index contributed by atoms with van der Waals surface area (Å²) in [6.45, 7) is 3.59. The predicted molar refractivity (Wildman–Crippen MR) is 73.8 cm³/mol. The lowest BCUT2D eigenvalue weighted by Gasteiger charge is -2.20. The Hall–Kier alpha value is -0.740. The number of amides is 1. The van der Waals surface area contributed by atoms with Crippen molar-refractivity contribution in [3.05, 3.63) is 22.7 Å². The highest BCUT2D eigenvalue weighted by Gasteiger charge is 2.26. The molecule has 0 radical (unpaired) electrons. The highest BCUT2D eigenvalue weighted by Crippen LogP contribution is 2.29. The molecule has 17 heavy (non-hydrogen) atoms. The van der Waals surface area contributed by atoms with Crippen LogP contribution in [-0.4, -0.2) is 18.9 Å². The number of rotatable bonds is 4. The molecule has 1 aromatic carbocycles. The quantitative estimate of drug-likeness (QED) is 0.860. The van der Waals surface area contributed by atoms with Crippen LogP contribution in [0.5, 0.6) is 5.75 Å². The summed E-state index contributed by atoms with van der Waals surface area (Å²) < 4.78 is 6.00. The van der Waals surface area contributed by atoms with Gasteiger partial charge in [-0.25, -0.2) is 0 Å². The zero-order valence-electron chi connectivity index (χ0n) is 10.0. The van der Waals surface area contributed by atoms with Crippen LogP contribution in [0.15, 0.2) is 22.7 Å². The first kappa shape index (κ1) is 14.3. The Morgan fingerprint density at radius 3 is 2.71 bits per heavy atom. The second-order valence-electron chi connectivity index (χ2n) is 4.32. The van der Waals surface area contributed by atoms with Gasteiger partial charge < -0.3 is 10.1 Å². The maximum atomic E-state index is 11.9. The molecule has 1 amide bonds. The second-order valence-corrected chi connectivity index (χ2v) is 5.44. The molecule has 0 heterocycles. The summed E-state index contributed by atoms with van der Waals surface area (Å²) >= 11 is 9.10. The largest absolute Gasteiger partial charge is 0.495 e. The summed E-state index contributed by atoms with van der Waals surface area (Å²) in [6, 6.07) is 5.38. The predicted octanol–water partition coefficient (Wildman–Crippen LogP) is 3.66. The van der Waals surface area contributed by atoms with Gasteiger partial charge in [0.15, 0.2) is 0 Å². The van der Waals surface area contributed by atoms with E-state index in [0.717, 1.165) is 4.47 Å². The highest BCUT2D eigenvalue weighted by molar-refractivity contribution is 9.10. The molecule has 0 fully saturated rings. The van der Waals surface area contributed by atoms with E-state index >= 15 is 0 Å². The van der Waals surface area contributed by atoms with Crippen LogP contribution < -0.4 is 10.1 Å². The van der Waals surface area contributed by atoms with Crippen LogP contribution in [0, 0.1) is 5.41 Å². The van der Waals surface area contributed by atoms with E-state index in [2.05, 4.69) is 21.2 Å². The van der Waals surface area contributed by atoms with Gasteiger partial charge in [0.2, 0.25) is 5.91 Å². The van der Waals surface area contributed by atoms with Crippen molar-refractivity contribution >= 4 is 39.1 Å². The fraction of sp³-hybridized carbons (Fsp3) is 0.417. The zero-order valence-corrected chi connectivity index (χ0v) is 12.4. The monoisotopic (exact) mass is 319 g/mol. The van der Waals surface area contributed by atoms with Crippen LogP contribution in [-0.2, 0) is 4.79 Å². The fourth-order valence-electron chi connectivity index (χ4n) is 1.10. The van der Waals surface area contributed by atoms with Crippen molar-refractivity contribution in [3.63, 3.8) is 0 Å². The number of methoxy groups -OCH3 is 1. The van der Waals surface area contributed by atoms with E-state index < -0.39 is 5.41 Å². The SMILES string of the molecule is COc1cc(NC(=O)C(C)(C)CCl)ccc1Br. The lowest BCUT2D eigenvalue weighted by atomic mass is 9.95. The fourth-order valence-corrected chi connectivity index (χ4v) is 1.63. The molecule has 1 rings (SSSR count). The molecule has 0 aromatic heterocycles. The van der Waals surface area contributed by atoms with Crippen LogP contribution in [0.25, 0.3) is 0 Å². The van der Waals surface area contributed by atoms with Crippen LogP contribution >= 0.6 is 27.5 Å². The summed E-state index contributed by atoms with van der Waals surface area (Å²) in [5.41, 5.74) is 0.0928. The van der Waals surface area contributed by atoms with Gasteiger partial charge in [0, 0.05) is 17.6 Å². The van der Waals surface area contributed by atoms with Gasteiger partial charge in [-0.15, -0.1) is 11.6 Å². The van der Waals surface area contributed by atoms with Gasteiger partial charge in [-0.1, -0.05) is 0 Å². The molecular weight excluding hydrogens is 305 g/mol. The first-order chi connectivity index (χ1) is 7.90. The number of anilines is 1. The number of carbonyl (C=O) groups excluding carboxylic acids is 1. The molecule has 0 saturated carbocycles. The van der Waals surface area contributed by atoms with Gasteiger partial charge in [0.1, 0.15) is 5.75 Å².